The molecule has 1 aromatic carbocycles. The van der Waals surface area contributed by atoms with Crippen LogP contribution in [0.2, 0.25) is 0 Å². The highest BCUT2D eigenvalue weighted by Gasteiger charge is 2.01. The van der Waals surface area contributed by atoms with Gasteiger partial charge < -0.3 is 14.8 Å². The summed E-state index contributed by atoms with van der Waals surface area (Å²) in [5.41, 5.74) is 0. The highest BCUT2D eigenvalue weighted by molar-refractivity contribution is 5.70. The molecule has 0 aliphatic carbocycles. The van der Waals surface area contributed by atoms with Crippen LogP contribution in [-0.2, 0) is 4.74 Å². The fourth-order valence-corrected chi connectivity index (χ4v) is 0.838. The molecule has 0 saturated heterocycles. The standard InChI is InChI=1S/C10H12NO3/c1-13-8-7-11-10(12)14-9-5-3-2-4-6-9/h3-6H,7-8H2,1H3,(H,11,12). The zero-order chi connectivity index (χ0) is 10.2. The molecule has 0 spiro atoms. The average molecular weight is 194 g/mol. The SMILES string of the molecule is COCCNC(=O)Oc1cc[c]cc1. The smallest absolute Gasteiger partial charge is 0.410 e. The molecule has 0 aliphatic rings. The molecule has 14 heavy (non-hydrogen) atoms. The first kappa shape index (κ1) is 10.5. The molecule has 1 radical (unpaired) electrons. The summed E-state index contributed by atoms with van der Waals surface area (Å²) in [5, 5.41) is 2.54. The van der Waals surface area contributed by atoms with Crippen molar-refractivity contribution >= 4 is 6.09 Å². The molecule has 0 heterocycles. The molecule has 4 heteroatoms. The van der Waals surface area contributed by atoms with Crippen LogP contribution in [0.3, 0.4) is 0 Å². The molecular formula is C10H12NO3. The molecule has 0 saturated carbocycles. The zero-order valence-electron chi connectivity index (χ0n) is 7.95. The van der Waals surface area contributed by atoms with Gasteiger partial charge in [-0.2, -0.15) is 0 Å². The molecule has 75 valence electrons. The predicted molar refractivity (Wildman–Crippen MR) is 51.2 cm³/mol. The van der Waals surface area contributed by atoms with E-state index in [0.29, 0.717) is 18.9 Å². The third kappa shape index (κ3) is 3.91. The van der Waals surface area contributed by atoms with Crippen LogP contribution < -0.4 is 10.1 Å². The van der Waals surface area contributed by atoms with Crippen LogP contribution in [0, 0.1) is 6.07 Å². The highest BCUT2D eigenvalue weighted by Crippen LogP contribution is 2.07. The summed E-state index contributed by atoms with van der Waals surface area (Å²) in [6, 6.07) is 9.51. The van der Waals surface area contributed by atoms with Gasteiger partial charge in [0.2, 0.25) is 0 Å². The van der Waals surface area contributed by atoms with Crippen LogP contribution in [0.1, 0.15) is 0 Å². The van der Waals surface area contributed by atoms with E-state index in [0.717, 1.165) is 0 Å². The van der Waals surface area contributed by atoms with Crippen LogP contribution in [-0.4, -0.2) is 26.4 Å². The quantitative estimate of drug-likeness (QED) is 0.733. The third-order valence-corrected chi connectivity index (χ3v) is 1.47. The van der Waals surface area contributed by atoms with Crippen LogP contribution in [0.4, 0.5) is 4.79 Å². The number of carbonyl (C=O) groups is 1. The van der Waals surface area contributed by atoms with Crippen molar-refractivity contribution in [2.24, 2.45) is 0 Å². The number of ether oxygens (including phenoxy) is 2. The summed E-state index contributed by atoms with van der Waals surface area (Å²) in [6.07, 6.45) is -0.478. The summed E-state index contributed by atoms with van der Waals surface area (Å²) in [7, 11) is 1.57. The maximum absolute atomic E-state index is 11.1. The molecule has 4 nitrogen and oxygen atoms in total. The number of benzene rings is 1. The van der Waals surface area contributed by atoms with Gasteiger partial charge in [0.1, 0.15) is 5.75 Å². The molecule has 1 amide bonds. The van der Waals surface area contributed by atoms with Gasteiger partial charge in [-0.05, 0) is 18.2 Å². The highest BCUT2D eigenvalue weighted by atomic mass is 16.6. The van der Waals surface area contributed by atoms with Crippen molar-refractivity contribution in [2.45, 2.75) is 0 Å². The van der Waals surface area contributed by atoms with Crippen molar-refractivity contribution < 1.29 is 14.3 Å². The number of carbonyl (C=O) groups excluding carboxylic acids is 1. The van der Waals surface area contributed by atoms with Crippen molar-refractivity contribution in [3.8, 4) is 5.75 Å². The van der Waals surface area contributed by atoms with E-state index in [1.807, 2.05) is 0 Å². The lowest BCUT2D eigenvalue weighted by atomic mass is 10.3. The van der Waals surface area contributed by atoms with E-state index in [2.05, 4.69) is 11.4 Å². The van der Waals surface area contributed by atoms with E-state index in [-0.39, 0.29) is 0 Å². The Kier molecular flexibility index (Phi) is 4.50. The first-order valence-electron chi connectivity index (χ1n) is 4.23. The van der Waals surface area contributed by atoms with Crippen LogP contribution in [0.15, 0.2) is 24.3 Å². The van der Waals surface area contributed by atoms with Crippen molar-refractivity contribution in [1.29, 1.82) is 0 Å². The monoisotopic (exact) mass is 194 g/mol. The zero-order valence-corrected chi connectivity index (χ0v) is 7.95. The summed E-state index contributed by atoms with van der Waals surface area (Å²) in [4.78, 5) is 11.1. The van der Waals surface area contributed by atoms with Gasteiger partial charge in [-0.15, -0.1) is 0 Å². The van der Waals surface area contributed by atoms with Gasteiger partial charge >= 0.3 is 6.09 Å². The van der Waals surface area contributed by atoms with Gasteiger partial charge in [0, 0.05) is 13.7 Å². The van der Waals surface area contributed by atoms with E-state index in [4.69, 9.17) is 9.47 Å². The largest absolute Gasteiger partial charge is 0.412 e. The minimum absolute atomic E-state index is 0.439. The van der Waals surface area contributed by atoms with Crippen molar-refractivity contribution in [1.82, 2.24) is 5.32 Å². The summed E-state index contributed by atoms with van der Waals surface area (Å²) in [5.74, 6) is 0.499. The summed E-state index contributed by atoms with van der Waals surface area (Å²) in [6.45, 7) is 0.909. The lowest BCUT2D eigenvalue weighted by Gasteiger charge is -2.05. The predicted octanol–water partition coefficient (Wildman–Crippen LogP) is 1.22. The lowest BCUT2D eigenvalue weighted by Crippen LogP contribution is -2.29. The van der Waals surface area contributed by atoms with Gasteiger partial charge in [0.05, 0.1) is 6.61 Å². The fourth-order valence-electron chi connectivity index (χ4n) is 0.838. The van der Waals surface area contributed by atoms with E-state index < -0.39 is 6.09 Å². The minimum atomic E-state index is -0.478. The molecule has 0 fully saturated rings. The van der Waals surface area contributed by atoms with Gasteiger partial charge in [-0.1, -0.05) is 12.1 Å². The van der Waals surface area contributed by atoms with E-state index >= 15 is 0 Å². The number of hydrogen-bond acceptors (Lipinski definition) is 3. The van der Waals surface area contributed by atoms with Crippen molar-refractivity contribution in [3.63, 3.8) is 0 Å². The number of hydrogen-bond donors (Lipinski definition) is 1. The van der Waals surface area contributed by atoms with Gasteiger partial charge in [0.15, 0.2) is 0 Å². The number of rotatable bonds is 4. The van der Waals surface area contributed by atoms with Crippen molar-refractivity contribution in [3.05, 3.63) is 30.3 Å². The number of amides is 1. The molecule has 0 atom stereocenters. The normalized spacial score (nSPS) is 9.50. The van der Waals surface area contributed by atoms with Crippen LogP contribution in [0.25, 0.3) is 0 Å². The van der Waals surface area contributed by atoms with E-state index in [1.54, 1.807) is 31.4 Å². The second-order valence-electron chi connectivity index (χ2n) is 2.54. The maximum Gasteiger partial charge on any atom is 0.412 e. The second-order valence-corrected chi connectivity index (χ2v) is 2.54. The number of methoxy groups -OCH3 is 1. The topological polar surface area (TPSA) is 47.6 Å². The molecule has 1 rings (SSSR count). The Bertz CT molecular complexity index is 274. The molecule has 1 N–H and O–H groups in total. The fraction of sp³-hybridized carbons (Fsp3) is 0.300. The number of nitrogens with one attached hydrogen (secondary N) is 1. The first-order chi connectivity index (χ1) is 6.83. The Morgan fingerprint density at radius 2 is 2.21 bits per heavy atom. The van der Waals surface area contributed by atoms with Gasteiger partial charge in [-0.3, -0.25) is 0 Å². The van der Waals surface area contributed by atoms with Crippen LogP contribution in [0.5, 0.6) is 5.75 Å². The summed E-state index contributed by atoms with van der Waals surface area (Å²) < 4.78 is 9.70. The average Bonchev–Trinajstić information content (AvgIpc) is 2.20. The molecule has 1 aromatic rings. The lowest BCUT2D eigenvalue weighted by molar-refractivity contribution is 0.180. The van der Waals surface area contributed by atoms with Gasteiger partial charge in [0.25, 0.3) is 0 Å². The Morgan fingerprint density at radius 1 is 1.50 bits per heavy atom. The Balaban J connectivity index is 2.27. The van der Waals surface area contributed by atoms with Crippen molar-refractivity contribution in [2.75, 3.05) is 20.3 Å². The Morgan fingerprint density at radius 3 is 2.86 bits per heavy atom. The molecular weight excluding hydrogens is 182 g/mol. The Hall–Kier alpha value is -1.55. The van der Waals surface area contributed by atoms with Crippen LogP contribution >= 0.6 is 0 Å². The Labute approximate surface area is 82.8 Å². The summed E-state index contributed by atoms with van der Waals surface area (Å²) >= 11 is 0. The third-order valence-electron chi connectivity index (χ3n) is 1.47. The van der Waals surface area contributed by atoms with E-state index in [1.165, 1.54) is 0 Å². The molecule has 0 aliphatic heterocycles. The van der Waals surface area contributed by atoms with Gasteiger partial charge in [-0.25, -0.2) is 4.79 Å². The van der Waals surface area contributed by atoms with E-state index in [9.17, 15) is 4.79 Å². The molecule has 0 aromatic heterocycles. The first-order valence-corrected chi connectivity index (χ1v) is 4.23. The maximum atomic E-state index is 11.1. The minimum Gasteiger partial charge on any atom is -0.410 e. The molecule has 0 bridgehead atoms. The molecule has 0 unspecified atom stereocenters. The second kappa shape index (κ2) is 5.99.